The molecule has 0 fully saturated rings. The summed E-state index contributed by atoms with van der Waals surface area (Å²) in [6, 6.07) is 10.7. The minimum atomic E-state index is -0.276. The maximum absolute atomic E-state index is 12.1. The van der Waals surface area contributed by atoms with E-state index in [4.69, 9.17) is 11.6 Å². The van der Waals surface area contributed by atoms with Crippen LogP contribution in [0.3, 0.4) is 0 Å². The van der Waals surface area contributed by atoms with Gasteiger partial charge in [-0.1, -0.05) is 37.6 Å². The summed E-state index contributed by atoms with van der Waals surface area (Å²) < 4.78 is 0. The first-order chi connectivity index (χ1) is 10.6. The lowest BCUT2D eigenvalue weighted by Gasteiger charge is -2.09. The van der Waals surface area contributed by atoms with Gasteiger partial charge in [0.2, 0.25) is 0 Å². The highest BCUT2D eigenvalue weighted by molar-refractivity contribution is 6.33. The first kappa shape index (κ1) is 16.3. The Morgan fingerprint density at radius 3 is 2.64 bits per heavy atom. The highest BCUT2D eigenvalue weighted by Crippen LogP contribution is 2.21. The predicted molar refractivity (Wildman–Crippen MR) is 91.6 cm³/mol. The van der Waals surface area contributed by atoms with Gasteiger partial charge < -0.3 is 10.6 Å². The van der Waals surface area contributed by atoms with Crippen LogP contribution >= 0.6 is 11.6 Å². The fourth-order valence-electron chi connectivity index (χ4n) is 1.89. The first-order valence-electron chi connectivity index (χ1n) is 7.32. The van der Waals surface area contributed by atoms with Crippen LogP contribution in [0.5, 0.6) is 0 Å². The monoisotopic (exact) mass is 317 g/mol. The van der Waals surface area contributed by atoms with Crippen molar-refractivity contribution in [1.82, 2.24) is 4.98 Å². The third-order valence-electron chi connectivity index (χ3n) is 3.17. The number of nitrogens with one attached hydrogen (secondary N) is 2. The van der Waals surface area contributed by atoms with Crippen LogP contribution < -0.4 is 10.6 Å². The maximum atomic E-state index is 12.1. The van der Waals surface area contributed by atoms with Gasteiger partial charge in [0.25, 0.3) is 5.91 Å². The van der Waals surface area contributed by atoms with E-state index in [-0.39, 0.29) is 5.91 Å². The highest BCUT2D eigenvalue weighted by atomic mass is 35.5. The molecule has 4 nitrogen and oxygen atoms in total. The minimum Gasteiger partial charge on any atom is -0.384 e. The zero-order chi connectivity index (χ0) is 15.9. The number of hydrogen-bond acceptors (Lipinski definition) is 3. The largest absolute Gasteiger partial charge is 0.384 e. The van der Waals surface area contributed by atoms with Crippen LogP contribution in [-0.4, -0.2) is 17.4 Å². The molecule has 2 rings (SSSR count). The summed E-state index contributed by atoms with van der Waals surface area (Å²) in [4.78, 5) is 16.3. The first-order valence-corrected chi connectivity index (χ1v) is 7.70. The topological polar surface area (TPSA) is 54.0 Å². The number of pyridine rings is 1. The summed E-state index contributed by atoms with van der Waals surface area (Å²) in [6.07, 6.45) is 2.76. The molecule has 5 heteroatoms. The van der Waals surface area contributed by atoms with Crippen LogP contribution in [0.1, 0.15) is 30.8 Å². The number of halogens is 1. The number of nitrogens with zero attached hydrogens (tertiary/aromatic N) is 1. The quantitative estimate of drug-likeness (QED) is 0.827. The predicted octanol–water partition coefficient (Wildman–Crippen LogP) is 4.45. The lowest BCUT2D eigenvalue weighted by molar-refractivity contribution is 0.102. The van der Waals surface area contributed by atoms with Crippen molar-refractivity contribution < 1.29 is 4.79 Å². The third kappa shape index (κ3) is 4.74. The summed E-state index contributed by atoms with van der Waals surface area (Å²) in [7, 11) is 0. The second-order valence-electron chi connectivity index (χ2n) is 5.48. The number of para-hydroxylation sites is 1. The zero-order valence-electron chi connectivity index (χ0n) is 12.8. The second-order valence-corrected chi connectivity index (χ2v) is 5.88. The Hall–Kier alpha value is -2.07. The van der Waals surface area contributed by atoms with E-state index in [0.717, 1.165) is 18.7 Å². The van der Waals surface area contributed by atoms with Crippen molar-refractivity contribution in [2.24, 2.45) is 5.92 Å². The van der Waals surface area contributed by atoms with Crippen LogP contribution in [0.25, 0.3) is 0 Å². The Morgan fingerprint density at radius 1 is 1.23 bits per heavy atom. The van der Waals surface area contributed by atoms with Crippen molar-refractivity contribution in [3.8, 4) is 0 Å². The zero-order valence-corrected chi connectivity index (χ0v) is 13.5. The molecule has 1 heterocycles. The number of carbonyl (C=O) groups is 1. The van der Waals surface area contributed by atoms with Crippen molar-refractivity contribution in [1.29, 1.82) is 0 Å². The Morgan fingerprint density at radius 2 is 2.00 bits per heavy atom. The molecule has 1 aromatic carbocycles. The van der Waals surface area contributed by atoms with E-state index < -0.39 is 0 Å². The van der Waals surface area contributed by atoms with Gasteiger partial charge in [0.05, 0.1) is 22.6 Å². The molecule has 0 radical (unpaired) electrons. The molecule has 1 aromatic heterocycles. The molecule has 0 saturated carbocycles. The van der Waals surface area contributed by atoms with E-state index in [1.54, 1.807) is 24.4 Å². The molecular weight excluding hydrogens is 298 g/mol. The van der Waals surface area contributed by atoms with Gasteiger partial charge >= 0.3 is 0 Å². The van der Waals surface area contributed by atoms with E-state index in [2.05, 4.69) is 29.5 Å². The number of anilines is 2. The molecule has 2 N–H and O–H groups in total. The van der Waals surface area contributed by atoms with Gasteiger partial charge in [-0.15, -0.1) is 0 Å². The van der Waals surface area contributed by atoms with Crippen LogP contribution in [0.15, 0.2) is 42.6 Å². The Kier molecular flexibility index (Phi) is 5.78. The van der Waals surface area contributed by atoms with Crippen molar-refractivity contribution in [3.63, 3.8) is 0 Å². The molecule has 2 aromatic rings. The lowest BCUT2D eigenvalue weighted by Crippen LogP contribution is -2.14. The number of amides is 1. The molecule has 0 bridgehead atoms. The van der Waals surface area contributed by atoms with Gasteiger partial charge in [-0.3, -0.25) is 4.79 Å². The number of benzene rings is 1. The van der Waals surface area contributed by atoms with Gasteiger partial charge in [-0.2, -0.15) is 0 Å². The summed E-state index contributed by atoms with van der Waals surface area (Å²) >= 11 is 6.02. The summed E-state index contributed by atoms with van der Waals surface area (Å²) in [6.45, 7) is 5.26. The molecule has 0 unspecified atom stereocenters. The molecule has 0 atom stereocenters. The molecule has 0 aliphatic rings. The summed E-state index contributed by atoms with van der Waals surface area (Å²) in [5, 5.41) is 6.54. The van der Waals surface area contributed by atoms with E-state index in [0.29, 0.717) is 22.3 Å². The fourth-order valence-corrected chi connectivity index (χ4v) is 2.07. The van der Waals surface area contributed by atoms with Gasteiger partial charge in [0.1, 0.15) is 5.69 Å². The molecular formula is C17H20ClN3O. The van der Waals surface area contributed by atoms with Gasteiger partial charge in [0.15, 0.2) is 0 Å². The van der Waals surface area contributed by atoms with E-state index in [1.165, 1.54) is 0 Å². The highest BCUT2D eigenvalue weighted by Gasteiger charge is 2.09. The Balaban J connectivity index is 1.95. The summed E-state index contributed by atoms with van der Waals surface area (Å²) in [5.74, 6) is 0.378. The van der Waals surface area contributed by atoms with Crippen LogP contribution in [-0.2, 0) is 0 Å². The smallest absolute Gasteiger partial charge is 0.274 e. The number of carbonyl (C=O) groups excluding carboxylic acids is 1. The molecule has 116 valence electrons. The third-order valence-corrected chi connectivity index (χ3v) is 3.50. The fraction of sp³-hybridized carbons (Fsp3) is 0.294. The van der Waals surface area contributed by atoms with Gasteiger partial charge in [-0.25, -0.2) is 4.98 Å². The van der Waals surface area contributed by atoms with E-state index in [9.17, 15) is 4.79 Å². The van der Waals surface area contributed by atoms with Crippen molar-refractivity contribution >= 4 is 28.9 Å². The Labute approximate surface area is 135 Å². The van der Waals surface area contributed by atoms with Crippen molar-refractivity contribution in [2.45, 2.75) is 20.3 Å². The molecule has 1 amide bonds. The van der Waals surface area contributed by atoms with Crippen molar-refractivity contribution in [2.75, 3.05) is 17.2 Å². The number of rotatable bonds is 6. The van der Waals surface area contributed by atoms with Gasteiger partial charge in [-0.05, 0) is 36.6 Å². The average molecular weight is 318 g/mol. The molecule has 0 saturated heterocycles. The molecule has 0 spiro atoms. The average Bonchev–Trinajstić information content (AvgIpc) is 2.50. The lowest BCUT2D eigenvalue weighted by atomic mass is 10.1. The second kappa shape index (κ2) is 7.80. The minimum absolute atomic E-state index is 0.276. The van der Waals surface area contributed by atoms with Crippen LogP contribution in [0.4, 0.5) is 11.4 Å². The summed E-state index contributed by atoms with van der Waals surface area (Å²) in [5.41, 5.74) is 1.85. The van der Waals surface area contributed by atoms with E-state index in [1.807, 2.05) is 18.2 Å². The SMILES string of the molecule is CC(C)CCNc1ccc(C(=O)Nc2ccccc2Cl)nc1. The molecule has 0 aliphatic carbocycles. The van der Waals surface area contributed by atoms with Gasteiger partial charge in [0, 0.05) is 6.54 Å². The van der Waals surface area contributed by atoms with Crippen molar-refractivity contribution in [3.05, 3.63) is 53.3 Å². The van der Waals surface area contributed by atoms with E-state index >= 15 is 0 Å². The molecule has 0 aliphatic heterocycles. The standard InChI is InChI=1S/C17H20ClN3O/c1-12(2)9-10-19-13-7-8-16(20-11-13)17(22)21-15-6-4-3-5-14(15)18/h3-8,11-12,19H,9-10H2,1-2H3,(H,21,22). The normalized spacial score (nSPS) is 10.5. The van der Waals surface area contributed by atoms with Crippen LogP contribution in [0.2, 0.25) is 5.02 Å². The maximum Gasteiger partial charge on any atom is 0.274 e. The molecule has 22 heavy (non-hydrogen) atoms. The van der Waals surface area contributed by atoms with Crippen LogP contribution in [0, 0.1) is 5.92 Å². The Bertz CT molecular complexity index is 626. The number of hydrogen-bond donors (Lipinski definition) is 2. The number of aromatic nitrogens is 1.